The molecule has 2 aromatic carbocycles. The van der Waals surface area contributed by atoms with Crippen molar-refractivity contribution in [2.24, 2.45) is 0 Å². The van der Waals surface area contributed by atoms with Crippen molar-refractivity contribution in [3.8, 4) is 11.5 Å². The number of esters is 1. The van der Waals surface area contributed by atoms with Crippen LogP contribution in [0.4, 0.5) is 0 Å². The zero-order valence-electron chi connectivity index (χ0n) is 16.7. The van der Waals surface area contributed by atoms with Crippen molar-refractivity contribution in [2.45, 2.75) is 13.1 Å². The van der Waals surface area contributed by atoms with Crippen LogP contribution in [-0.2, 0) is 22.6 Å². The maximum Gasteiger partial charge on any atom is 0.337 e. The van der Waals surface area contributed by atoms with Gasteiger partial charge in [0.05, 0.1) is 39.5 Å². The molecule has 1 atom stereocenters. The van der Waals surface area contributed by atoms with Gasteiger partial charge in [-0.3, -0.25) is 4.79 Å². The molecule has 150 valence electrons. The molecular formula is C21H27N2O5+. The fraction of sp³-hybridized carbons (Fsp3) is 0.333. The lowest BCUT2D eigenvalue weighted by atomic mass is 10.1. The Morgan fingerprint density at radius 1 is 1.00 bits per heavy atom. The highest BCUT2D eigenvalue weighted by Crippen LogP contribution is 2.29. The molecule has 7 nitrogen and oxygen atoms in total. The molecule has 0 fully saturated rings. The Morgan fingerprint density at radius 3 is 2.32 bits per heavy atom. The molecule has 0 heterocycles. The van der Waals surface area contributed by atoms with Gasteiger partial charge in [-0.15, -0.1) is 0 Å². The highest BCUT2D eigenvalue weighted by atomic mass is 16.5. The quantitative estimate of drug-likeness (QED) is 0.623. The van der Waals surface area contributed by atoms with Crippen molar-refractivity contribution in [3.63, 3.8) is 0 Å². The molecule has 0 aromatic heterocycles. The van der Waals surface area contributed by atoms with E-state index in [1.165, 1.54) is 7.11 Å². The van der Waals surface area contributed by atoms with Crippen LogP contribution in [0.3, 0.4) is 0 Å². The topological polar surface area (TPSA) is 78.3 Å². The van der Waals surface area contributed by atoms with E-state index < -0.39 is 0 Å². The van der Waals surface area contributed by atoms with E-state index in [9.17, 15) is 9.59 Å². The first-order valence-corrected chi connectivity index (χ1v) is 8.93. The Morgan fingerprint density at radius 2 is 1.71 bits per heavy atom. The predicted molar refractivity (Wildman–Crippen MR) is 105 cm³/mol. The van der Waals surface area contributed by atoms with Gasteiger partial charge in [-0.2, -0.15) is 0 Å². The summed E-state index contributed by atoms with van der Waals surface area (Å²) < 4.78 is 15.4. The van der Waals surface area contributed by atoms with Crippen molar-refractivity contribution in [2.75, 3.05) is 34.9 Å². The van der Waals surface area contributed by atoms with Crippen molar-refractivity contribution in [3.05, 3.63) is 59.2 Å². The average molecular weight is 387 g/mol. The molecule has 0 aliphatic carbocycles. The third-order valence-corrected chi connectivity index (χ3v) is 4.30. The summed E-state index contributed by atoms with van der Waals surface area (Å²) in [4.78, 5) is 24.7. The normalized spacial score (nSPS) is 11.4. The number of hydrogen-bond acceptors (Lipinski definition) is 5. The van der Waals surface area contributed by atoms with E-state index in [1.807, 2.05) is 25.2 Å². The Hall–Kier alpha value is -3.06. The van der Waals surface area contributed by atoms with Gasteiger partial charge in [0.2, 0.25) is 0 Å². The van der Waals surface area contributed by atoms with Crippen LogP contribution in [0.5, 0.6) is 11.5 Å². The fourth-order valence-electron chi connectivity index (χ4n) is 2.89. The summed E-state index contributed by atoms with van der Waals surface area (Å²) in [6, 6.07) is 12.7. The van der Waals surface area contributed by atoms with Gasteiger partial charge in [0, 0.05) is 6.54 Å². The summed E-state index contributed by atoms with van der Waals surface area (Å²) in [7, 11) is 6.50. The van der Waals surface area contributed by atoms with E-state index in [4.69, 9.17) is 9.47 Å². The minimum absolute atomic E-state index is 0.0589. The Labute approximate surface area is 165 Å². The van der Waals surface area contributed by atoms with E-state index in [0.717, 1.165) is 16.0 Å². The average Bonchev–Trinajstić information content (AvgIpc) is 2.71. The van der Waals surface area contributed by atoms with Crippen LogP contribution in [-0.4, -0.2) is 46.8 Å². The van der Waals surface area contributed by atoms with Crippen molar-refractivity contribution in [1.29, 1.82) is 0 Å². The molecule has 0 radical (unpaired) electrons. The number of benzene rings is 2. The minimum Gasteiger partial charge on any atom is -0.493 e. The van der Waals surface area contributed by atoms with E-state index in [1.54, 1.807) is 38.5 Å². The standard InChI is InChI=1S/C21H26N2O5/c1-23(13-17-6-5-7-18(26-2)20(17)27-3)14-19(24)22-12-15-8-10-16(11-9-15)21(25)28-4/h5-11H,12-14H2,1-4H3,(H,22,24)/p+1. The molecule has 2 aromatic rings. The first-order chi connectivity index (χ1) is 13.5. The number of likely N-dealkylation sites (N-methyl/N-ethyl adjacent to an activating group) is 1. The van der Waals surface area contributed by atoms with E-state index >= 15 is 0 Å². The minimum atomic E-state index is -0.381. The van der Waals surface area contributed by atoms with Crippen LogP contribution in [0, 0.1) is 0 Å². The second kappa shape index (κ2) is 10.3. The number of hydrogen-bond donors (Lipinski definition) is 2. The number of carbonyl (C=O) groups is 2. The largest absolute Gasteiger partial charge is 0.493 e. The number of quaternary nitrogens is 1. The Kier molecular flexibility index (Phi) is 7.83. The van der Waals surface area contributed by atoms with Crippen LogP contribution in [0.1, 0.15) is 21.5 Å². The molecular weight excluding hydrogens is 360 g/mol. The molecule has 1 amide bonds. The number of ether oxygens (including phenoxy) is 3. The van der Waals surface area contributed by atoms with Crippen LogP contribution in [0.25, 0.3) is 0 Å². The molecule has 0 aliphatic rings. The molecule has 0 spiro atoms. The SMILES string of the molecule is COC(=O)c1ccc(CNC(=O)C[NH+](C)Cc2cccc(OC)c2OC)cc1. The molecule has 2 rings (SSSR count). The van der Waals surface area contributed by atoms with Crippen molar-refractivity contribution >= 4 is 11.9 Å². The lowest BCUT2D eigenvalue weighted by Gasteiger charge is -2.17. The Balaban J connectivity index is 1.87. The summed E-state index contributed by atoms with van der Waals surface area (Å²) in [5, 5.41) is 2.90. The lowest BCUT2D eigenvalue weighted by Crippen LogP contribution is -3.08. The van der Waals surface area contributed by atoms with Gasteiger partial charge < -0.3 is 24.4 Å². The lowest BCUT2D eigenvalue weighted by molar-refractivity contribution is -0.885. The summed E-state index contributed by atoms with van der Waals surface area (Å²) in [5.74, 6) is 0.924. The third kappa shape index (κ3) is 5.72. The van der Waals surface area contributed by atoms with Gasteiger partial charge in [-0.25, -0.2) is 4.79 Å². The van der Waals surface area contributed by atoms with Gasteiger partial charge in [0.25, 0.3) is 5.91 Å². The predicted octanol–water partition coefficient (Wildman–Crippen LogP) is 0.822. The molecule has 2 N–H and O–H groups in total. The maximum atomic E-state index is 12.3. The van der Waals surface area contributed by atoms with Gasteiger partial charge in [0.15, 0.2) is 18.0 Å². The van der Waals surface area contributed by atoms with Crippen LogP contribution >= 0.6 is 0 Å². The summed E-state index contributed by atoms with van der Waals surface area (Å²) >= 11 is 0. The van der Waals surface area contributed by atoms with Crippen molar-refractivity contribution < 1.29 is 28.7 Å². The monoisotopic (exact) mass is 387 g/mol. The number of amides is 1. The van der Waals surface area contributed by atoms with E-state index in [0.29, 0.717) is 36.7 Å². The zero-order valence-corrected chi connectivity index (χ0v) is 16.7. The maximum absolute atomic E-state index is 12.3. The molecule has 28 heavy (non-hydrogen) atoms. The van der Waals surface area contributed by atoms with Crippen LogP contribution in [0.2, 0.25) is 0 Å². The number of nitrogens with one attached hydrogen (secondary N) is 2. The molecule has 0 aliphatic heterocycles. The number of rotatable bonds is 9. The summed E-state index contributed by atoms with van der Waals surface area (Å²) in [5.41, 5.74) is 2.37. The van der Waals surface area contributed by atoms with Gasteiger partial charge in [-0.05, 0) is 29.8 Å². The molecule has 7 heteroatoms. The zero-order chi connectivity index (χ0) is 20.5. The van der Waals surface area contributed by atoms with Gasteiger partial charge in [0.1, 0.15) is 6.54 Å². The first kappa shape index (κ1) is 21.2. The molecule has 1 unspecified atom stereocenters. The number of para-hydroxylation sites is 1. The smallest absolute Gasteiger partial charge is 0.337 e. The molecule has 0 bridgehead atoms. The molecule has 0 saturated carbocycles. The first-order valence-electron chi connectivity index (χ1n) is 8.93. The summed E-state index contributed by atoms with van der Waals surface area (Å²) in [6.07, 6.45) is 0. The van der Waals surface area contributed by atoms with E-state index in [2.05, 4.69) is 10.1 Å². The fourth-order valence-corrected chi connectivity index (χ4v) is 2.89. The van der Waals surface area contributed by atoms with Crippen LogP contribution in [0.15, 0.2) is 42.5 Å². The summed E-state index contributed by atoms with van der Waals surface area (Å²) in [6.45, 7) is 1.35. The Bertz CT molecular complexity index is 805. The van der Waals surface area contributed by atoms with Gasteiger partial charge >= 0.3 is 5.97 Å². The number of carbonyl (C=O) groups excluding carboxylic acids is 2. The van der Waals surface area contributed by atoms with Crippen LogP contribution < -0.4 is 19.7 Å². The van der Waals surface area contributed by atoms with Crippen molar-refractivity contribution in [1.82, 2.24) is 5.32 Å². The highest BCUT2D eigenvalue weighted by Gasteiger charge is 2.16. The number of methoxy groups -OCH3 is 3. The van der Waals surface area contributed by atoms with Gasteiger partial charge in [-0.1, -0.05) is 18.2 Å². The molecule has 0 saturated heterocycles. The second-order valence-corrected chi connectivity index (χ2v) is 6.43. The third-order valence-electron chi connectivity index (χ3n) is 4.30. The van der Waals surface area contributed by atoms with E-state index in [-0.39, 0.29) is 11.9 Å². The second-order valence-electron chi connectivity index (χ2n) is 6.43. The highest BCUT2D eigenvalue weighted by molar-refractivity contribution is 5.89.